The summed E-state index contributed by atoms with van der Waals surface area (Å²) in [6.07, 6.45) is 0.806. The Hall–Kier alpha value is -4.31. The zero-order valence-corrected chi connectivity index (χ0v) is 28.6. The summed E-state index contributed by atoms with van der Waals surface area (Å²) in [5, 5.41) is 0.804. The first-order valence-corrected chi connectivity index (χ1v) is 18.3. The molecule has 0 aliphatic heterocycles. The lowest BCUT2D eigenvalue weighted by Crippen LogP contribution is -2.37. The van der Waals surface area contributed by atoms with Crippen LogP contribution in [0.15, 0.2) is 48.5 Å². The van der Waals surface area contributed by atoms with E-state index in [9.17, 15) is 31.0 Å². The molecule has 0 aliphatic carbocycles. The van der Waals surface area contributed by atoms with E-state index in [0.29, 0.717) is 56.6 Å². The lowest BCUT2D eigenvalue weighted by molar-refractivity contribution is -0.645. The number of hydrogen-bond donors (Lipinski definition) is 2. The van der Waals surface area contributed by atoms with Crippen molar-refractivity contribution in [3.8, 4) is 17.2 Å². The SMILES string of the molecule is CCCOc1ccc2c(c1)c(C(=O)Oc1c(C)cc(C(=O)OC)cc1C)c1cc(OCCCS(=O)(=O)O)ccc1[n+]2CCCS(=O)(=O)O. The van der Waals surface area contributed by atoms with Gasteiger partial charge in [-0.2, -0.15) is 21.4 Å². The molecular weight excluding hydrogens is 666 g/mol. The normalized spacial score (nSPS) is 11.9. The minimum absolute atomic E-state index is 0.0113. The summed E-state index contributed by atoms with van der Waals surface area (Å²) in [6, 6.07) is 13.2. The van der Waals surface area contributed by atoms with E-state index in [0.717, 1.165) is 6.42 Å². The summed E-state index contributed by atoms with van der Waals surface area (Å²) in [5.74, 6) is -1.23. The van der Waals surface area contributed by atoms with E-state index >= 15 is 0 Å². The summed E-state index contributed by atoms with van der Waals surface area (Å²) in [7, 11) is -7.15. The lowest BCUT2D eigenvalue weighted by atomic mass is 10.0. The number of aryl methyl sites for hydroxylation is 3. The Balaban J connectivity index is 1.92. The van der Waals surface area contributed by atoms with Crippen molar-refractivity contribution < 1.29 is 59.0 Å². The molecule has 0 saturated heterocycles. The van der Waals surface area contributed by atoms with Crippen LogP contribution in [0.5, 0.6) is 17.2 Å². The fraction of sp³-hybridized carbons (Fsp3) is 0.364. The molecule has 48 heavy (non-hydrogen) atoms. The van der Waals surface area contributed by atoms with Crippen LogP contribution in [0.25, 0.3) is 21.8 Å². The molecule has 4 aromatic rings. The number of hydrogen-bond acceptors (Lipinski definition) is 10. The van der Waals surface area contributed by atoms with Gasteiger partial charge in [0, 0.05) is 18.6 Å². The standard InChI is InChI=1S/C33H37NO12S2/c1-5-13-44-24-8-10-28-26(19-24)30(33(36)46-31-21(2)17-23(18-22(31)3)32(35)43-4)27-20-25(45-14-7-16-48(40,41)42)9-11-29(27)34(28)12-6-15-47(37,38)39/h8-11,17-20H,5-7,12-16H2,1-4H3,(H-,37,38,39,40,41,42)/p+1. The Labute approximate surface area is 278 Å². The second-order valence-corrected chi connectivity index (χ2v) is 14.3. The van der Waals surface area contributed by atoms with Gasteiger partial charge in [-0.1, -0.05) is 6.92 Å². The predicted octanol–water partition coefficient (Wildman–Crippen LogP) is 4.63. The van der Waals surface area contributed by atoms with E-state index in [1.54, 1.807) is 62.4 Å². The maximum atomic E-state index is 14.3. The number of methoxy groups -OCH3 is 1. The quantitative estimate of drug-likeness (QED) is 0.0438. The van der Waals surface area contributed by atoms with Gasteiger partial charge in [-0.3, -0.25) is 9.11 Å². The van der Waals surface area contributed by atoms with Crippen molar-refractivity contribution in [1.82, 2.24) is 0 Å². The molecule has 0 saturated carbocycles. The Morgan fingerprint density at radius 2 is 1.27 bits per heavy atom. The molecule has 0 aliphatic rings. The molecule has 0 unspecified atom stereocenters. The van der Waals surface area contributed by atoms with E-state index in [4.69, 9.17) is 23.5 Å². The van der Waals surface area contributed by atoms with Crippen molar-refractivity contribution in [2.45, 2.75) is 46.6 Å². The number of carbonyl (C=O) groups excluding carboxylic acids is 2. The number of ether oxygens (including phenoxy) is 4. The van der Waals surface area contributed by atoms with Gasteiger partial charge in [0.15, 0.2) is 6.54 Å². The highest BCUT2D eigenvalue weighted by Gasteiger charge is 2.28. The molecule has 0 radical (unpaired) electrons. The number of rotatable bonds is 15. The van der Waals surface area contributed by atoms with Gasteiger partial charge < -0.3 is 18.9 Å². The number of nitrogens with zero attached hydrogens (tertiary/aromatic N) is 1. The number of carbonyl (C=O) groups is 2. The molecule has 3 aromatic carbocycles. The van der Waals surface area contributed by atoms with Crippen molar-refractivity contribution in [2.75, 3.05) is 31.8 Å². The molecule has 0 fully saturated rings. The summed E-state index contributed by atoms with van der Waals surface area (Å²) in [6.45, 7) is 5.86. The van der Waals surface area contributed by atoms with Gasteiger partial charge in [0.2, 0.25) is 11.0 Å². The third-order valence-corrected chi connectivity index (χ3v) is 9.02. The Morgan fingerprint density at radius 1 is 0.750 bits per heavy atom. The minimum atomic E-state index is -4.24. The van der Waals surface area contributed by atoms with Crippen LogP contribution in [0, 0.1) is 13.8 Å². The number of aromatic nitrogens is 1. The molecule has 0 bridgehead atoms. The molecule has 15 heteroatoms. The molecule has 0 amide bonds. The average Bonchev–Trinajstić information content (AvgIpc) is 3.01. The monoisotopic (exact) mass is 704 g/mol. The zero-order chi connectivity index (χ0) is 35.2. The van der Waals surface area contributed by atoms with Crippen LogP contribution in [0.1, 0.15) is 58.0 Å². The van der Waals surface area contributed by atoms with Crippen molar-refractivity contribution in [3.63, 3.8) is 0 Å². The van der Waals surface area contributed by atoms with Gasteiger partial charge in [0.25, 0.3) is 20.2 Å². The molecule has 258 valence electrons. The van der Waals surface area contributed by atoms with Crippen LogP contribution in [0.2, 0.25) is 0 Å². The topological polar surface area (TPSA) is 184 Å². The van der Waals surface area contributed by atoms with Crippen LogP contribution in [0.3, 0.4) is 0 Å². The van der Waals surface area contributed by atoms with Gasteiger partial charge in [-0.25, -0.2) is 9.59 Å². The largest absolute Gasteiger partial charge is 0.494 e. The van der Waals surface area contributed by atoms with Crippen LogP contribution in [-0.4, -0.2) is 69.7 Å². The third kappa shape index (κ3) is 9.18. The molecule has 2 N–H and O–H groups in total. The summed E-state index contributed by atoms with van der Waals surface area (Å²) in [4.78, 5) is 26.4. The number of esters is 2. The summed E-state index contributed by atoms with van der Waals surface area (Å²) in [5.41, 5.74) is 2.55. The van der Waals surface area contributed by atoms with Crippen molar-refractivity contribution in [1.29, 1.82) is 0 Å². The molecule has 1 heterocycles. The van der Waals surface area contributed by atoms with E-state index in [1.807, 2.05) is 11.5 Å². The molecule has 0 spiro atoms. The van der Waals surface area contributed by atoms with Gasteiger partial charge >= 0.3 is 11.9 Å². The fourth-order valence-corrected chi connectivity index (χ4v) is 6.34. The molecule has 13 nitrogen and oxygen atoms in total. The summed E-state index contributed by atoms with van der Waals surface area (Å²) >= 11 is 0. The van der Waals surface area contributed by atoms with Gasteiger partial charge in [0.1, 0.15) is 17.2 Å². The van der Waals surface area contributed by atoms with Crippen LogP contribution in [-0.2, 0) is 31.5 Å². The van der Waals surface area contributed by atoms with Crippen molar-refractivity contribution in [2.24, 2.45) is 0 Å². The molecule has 4 rings (SSSR count). The van der Waals surface area contributed by atoms with Gasteiger partial charge in [0.05, 0.1) is 53.7 Å². The zero-order valence-electron chi connectivity index (χ0n) is 27.0. The first-order chi connectivity index (χ1) is 22.6. The maximum absolute atomic E-state index is 14.3. The van der Waals surface area contributed by atoms with Crippen LogP contribution >= 0.6 is 0 Å². The van der Waals surface area contributed by atoms with Gasteiger partial charge in [-0.15, -0.1) is 0 Å². The second-order valence-electron chi connectivity index (χ2n) is 11.2. The van der Waals surface area contributed by atoms with E-state index < -0.39 is 43.7 Å². The summed E-state index contributed by atoms with van der Waals surface area (Å²) < 4.78 is 88.2. The third-order valence-electron chi connectivity index (χ3n) is 7.41. The van der Waals surface area contributed by atoms with Crippen LogP contribution < -0.4 is 18.8 Å². The number of fused-ring (bicyclic) bond motifs is 2. The highest BCUT2D eigenvalue weighted by Crippen LogP contribution is 2.33. The van der Waals surface area contributed by atoms with Crippen LogP contribution in [0.4, 0.5) is 0 Å². The second kappa shape index (κ2) is 15.3. The van der Waals surface area contributed by atoms with Crippen molar-refractivity contribution >= 4 is 54.0 Å². The maximum Gasteiger partial charge on any atom is 0.345 e. The Morgan fingerprint density at radius 3 is 1.77 bits per heavy atom. The lowest BCUT2D eigenvalue weighted by Gasteiger charge is -2.16. The Kier molecular flexibility index (Phi) is 11.6. The first kappa shape index (κ1) is 36.5. The molecule has 1 aromatic heterocycles. The van der Waals surface area contributed by atoms with Crippen molar-refractivity contribution in [3.05, 3.63) is 70.8 Å². The van der Waals surface area contributed by atoms with Gasteiger partial charge in [-0.05, 0) is 74.2 Å². The van der Waals surface area contributed by atoms with E-state index in [1.165, 1.54) is 7.11 Å². The van der Waals surface area contributed by atoms with E-state index in [-0.39, 0.29) is 37.3 Å². The number of pyridine rings is 1. The Bertz CT molecular complexity index is 2050. The molecular formula is C33H38NO12S2+. The average molecular weight is 705 g/mol. The first-order valence-electron chi connectivity index (χ1n) is 15.1. The van der Waals surface area contributed by atoms with E-state index in [2.05, 4.69) is 0 Å². The number of benzene rings is 3. The highest BCUT2D eigenvalue weighted by molar-refractivity contribution is 7.86. The minimum Gasteiger partial charge on any atom is -0.494 e. The predicted molar refractivity (Wildman–Crippen MR) is 177 cm³/mol. The fourth-order valence-electron chi connectivity index (χ4n) is 5.36. The molecule has 0 atom stereocenters. The highest BCUT2D eigenvalue weighted by atomic mass is 32.2. The smallest absolute Gasteiger partial charge is 0.345 e.